The van der Waals surface area contributed by atoms with E-state index in [0.29, 0.717) is 23.1 Å². The van der Waals surface area contributed by atoms with Gasteiger partial charge in [-0.1, -0.05) is 0 Å². The smallest absolute Gasteiger partial charge is 0.270 e. The summed E-state index contributed by atoms with van der Waals surface area (Å²) in [6.07, 6.45) is 0.347. The quantitative estimate of drug-likeness (QED) is 0.643. The molecule has 0 unspecified atom stereocenters. The zero-order chi connectivity index (χ0) is 12.8. The van der Waals surface area contributed by atoms with Crippen molar-refractivity contribution in [2.75, 3.05) is 18.9 Å². The van der Waals surface area contributed by atoms with Crippen LogP contribution in [0, 0.1) is 10.1 Å². The van der Waals surface area contributed by atoms with Crippen molar-refractivity contribution in [3.05, 3.63) is 32.8 Å². The van der Waals surface area contributed by atoms with Crippen LogP contribution in [0.15, 0.2) is 22.7 Å². The molecule has 1 aromatic rings. The zero-order valence-electron chi connectivity index (χ0n) is 9.20. The average Bonchev–Trinajstić information content (AvgIpc) is 2.28. The largest absolute Gasteiger partial charge is 0.325 e. The number of hydrogen-bond donors (Lipinski definition) is 2. The number of nitrogens with zero attached hydrogens (tertiary/aromatic N) is 1. The summed E-state index contributed by atoms with van der Waals surface area (Å²) in [4.78, 5) is 21.5. The van der Waals surface area contributed by atoms with E-state index in [1.165, 1.54) is 18.2 Å². The normalized spacial score (nSPS) is 10.0. The Morgan fingerprint density at radius 1 is 1.53 bits per heavy atom. The summed E-state index contributed by atoms with van der Waals surface area (Å²) < 4.78 is 0.490. The molecule has 17 heavy (non-hydrogen) atoms. The molecule has 0 saturated heterocycles. The molecule has 1 amide bonds. The van der Waals surface area contributed by atoms with E-state index in [0.717, 1.165) is 0 Å². The minimum absolute atomic E-state index is 0.0231. The summed E-state index contributed by atoms with van der Waals surface area (Å²) in [5.74, 6) is -0.145. The first kappa shape index (κ1) is 13.6. The number of nitrogens with one attached hydrogen (secondary N) is 2. The van der Waals surface area contributed by atoms with Gasteiger partial charge >= 0.3 is 0 Å². The van der Waals surface area contributed by atoms with Crippen LogP contribution in [0.3, 0.4) is 0 Å². The summed E-state index contributed by atoms with van der Waals surface area (Å²) in [5, 5.41) is 16.0. The minimum atomic E-state index is -0.489. The number of rotatable bonds is 5. The van der Waals surface area contributed by atoms with Gasteiger partial charge in [0.2, 0.25) is 5.91 Å². The summed E-state index contributed by atoms with van der Waals surface area (Å²) >= 11 is 3.18. The van der Waals surface area contributed by atoms with Crippen LogP contribution in [-0.4, -0.2) is 24.4 Å². The Kier molecular flexibility index (Phi) is 5.05. The molecule has 0 radical (unpaired) electrons. The van der Waals surface area contributed by atoms with Gasteiger partial charge in [0.05, 0.1) is 10.6 Å². The highest BCUT2D eigenvalue weighted by Crippen LogP contribution is 2.27. The van der Waals surface area contributed by atoms with E-state index in [1.54, 1.807) is 7.05 Å². The van der Waals surface area contributed by atoms with E-state index in [1.807, 2.05) is 0 Å². The third-order valence-electron chi connectivity index (χ3n) is 2.04. The van der Waals surface area contributed by atoms with Gasteiger partial charge in [-0.05, 0) is 29.0 Å². The van der Waals surface area contributed by atoms with Crippen LogP contribution < -0.4 is 10.6 Å². The fraction of sp³-hybridized carbons (Fsp3) is 0.300. The molecule has 0 saturated carbocycles. The number of anilines is 1. The third-order valence-corrected chi connectivity index (χ3v) is 2.70. The van der Waals surface area contributed by atoms with Gasteiger partial charge in [-0.15, -0.1) is 0 Å². The van der Waals surface area contributed by atoms with Crippen molar-refractivity contribution < 1.29 is 9.72 Å². The second kappa shape index (κ2) is 6.31. The van der Waals surface area contributed by atoms with Crippen LogP contribution in [0.5, 0.6) is 0 Å². The number of halogens is 1. The lowest BCUT2D eigenvalue weighted by atomic mass is 10.2. The number of hydrogen-bond acceptors (Lipinski definition) is 4. The van der Waals surface area contributed by atoms with E-state index in [9.17, 15) is 14.9 Å². The number of amides is 1. The van der Waals surface area contributed by atoms with Gasteiger partial charge in [0, 0.05) is 29.6 Å². The number of nitro benzene ring substituents is 1. The molecule has 7 heteroatoms. The topological polar surface area (TPSA) is 84.3 Å². The Labute approximate surface area is 107 Å². The van der Waals surface area contributed by atoms with Crippen molar-refractivity contribution in [3.63, 3.8) is 0 Å². The van der Waals surface area contributed by atoms with E-state index in [-0.39, 0.29) is 11.6 Å². The lowest BCUT2D eigenvalue weighted by Crippen LogP contribution is -2.18. The number of carbonyl (C=O) groups excluding carboxylic acids is 1. The van der Waals surface area contributed by atoms with Crippen molar-refractivity contribution in [3.8, 4) is 0 Å². The Balaban J connectivity index is 2.72. The third kappa shape index (κ3) is 4.12. The Morgan fingerprint density at radius 2 is 2.24 bits per heavy atom. The van der Waals surface area contributed by atoms with E-state index < -0.39 is 4.92 Å². The second-order valence-electron chi connectivity index (χ2n) is 3.32. The van der Waals surface area contributed by atoms with Crippen molar-refractivity contribution in [2.45, 2.75) is 6.42 Å². The van der Waals surface area contributed by atoms with Crippen LogP contribution in [0.1, 0.15) is 6.42 Å². The lowest BCUT2D eigenvalue weighted by Gasteiger charge is -2.06. The fourth-order valence-corrected chi connectivity index (χ4v) is 1.64. The molecule has 92 valence electrons. The molecule has 1 rings (SSSR count). The van der Waals surface area contributed by atoms with Crippen LogP contribution in [0.4, 0.5) is 11.4 Å². The number of non-ortho nitro benzene ring substituents is 1. The molecule has 0 heterocycles. The molecule has 0 aliphatic heterocycles. The summed E-state index contributed by atoms with van der Waals surface area (Å²) in [5.41, 5.74) is 0.502. The van der Waals surface area contributed by atoms with Crippen molar-refractivity contribution in [1.29, 1.82) is 0 Å². The molecule has 0 spiro atoms. The fourth-order valence-electron chi connectivity index (χ4n) is 1.17. The Bertz CT molecular complexity index is 437. The molecule has 0 aromatic heterocycles. The van der Waals surface area contributed by atoms with Gasteiger partial charge in [-0.2, -0.15) is 0 Å². The summed E-state index contributed by atoms with van der Waals surface area (Å²) in [6.45, 7) is 0.580. The molecule has 0 aliphatic rings. The van der Waals surface area contributed by atoms with Gasteiger partial charge in [-0.3, -0.25) is 14.9 Å². The van der Waals surface area contributed by atoms with Crippen LogP contribution >= 0.6 is 15.9 Å². The molecule has 0 fully saturated rings. The molecule has 1 aromatic carbocycles. The lowest BCUT2D eigenvalue weighted by molar-refractivity contribution is -0.384. The van der Waals surface area contributed by atoms with Crippen LogP contribution in [-0.2, 0) is 4.79 Å². The SMILES string of the molecule is CNCCC(=O)Nc1ccc([N+](=O)[O-])cc1Br. The first-order chi connectivity index (χ1) is 8.04. The monoisotopic (exact) mass is 301 g/mol. The maximum Gasteiger partial charge on any atom is 0.270 e. The molecular weight excluding hydrogens is 290 g/mol. The maximum absolute atomic E-state index is 11.4. The summed E-state index contributed by atoms with van der Waals surface area (Å²) in [7, 11) is 1.76. The van der Waals surface area contributed by atoms with Crippen LogP contribution in [0.2, 0.25) is 0 Å². The van der Waals surface area contributed by atoms with Gasteiger partial charge in [-0.25, -0.2) is 0 Å². The molecule has 0 atom stereocenters. The standard InChI is InChI=1S/C10H12BrN3O3/c1-12-5-4-10(15)13-9-3-2-7(14(16)17)6-8(9)11/h2-3,6,12H,4-5H2,1H3,(H,13,15). The van der Waals surface area contributed by atoms with Gasteiger partial charge in [0.15, 0.2) is 0 Å². The maximum atomic E-state index is 11.4. The number of benzene rings is 1. The number of nitro groups is 1. The Hall–Kier alpha value is -1.47. The van der Waals surface area contributed by atoms with Gasteiger partial charge in [0.25, 0.3) is 5.69 Å². The molecular formula is C10H12BrN3O3. The highest BCUT2D eigenvalue weighted by atomic mass is 79.9. The van der Waals surface area contributed by atoms with Crippen molar-refractivity contribution in [1.82, 2.24) is 5.32 Å². The van der Waals surface area contributed by atoms with E-state index in [4.69, 9.17) is 0 Å². The summed E-state index contributed by atoms with van der Waals surface area (Å²) in [6, 6.07) is 4.20. The first-order valence-electron chi connectivity index (χ1n) is 4.93. The predicted molar refractivity (Wildman–Crippen MR) is 68.0 cm³/mol. The van der Waals surface area contributed by atoms with Crippen molar-refractivity contribution in [2.24, 2.45) is 0 Å². The zero-order valence-corrected chi connectivity index (χ0v) is 10.8. The number of carbonyl (C=O) groups is 1. The molecule has 0 aliphatic carbocycles. The molecule has 0 bridgehead atoms. The van der Waals surface area contributed by atoms with E-state index in [2.05, 4.69) is 26.6 Å². The highest BCUT2D eigenvalue weighted by molar-refractivity contribution is 9.10. The molecule has 2 N–H and O–H groups in total. The second-order valence-corrected chi connectivity index (χ2v) is 4.18. The van der Waals surface area contributed by atoms with Gasteiger partial charge < -0.3 is 10.6 Å². The highest BCUT2D eigenvalue weighted by Gasteiger charge is 2.10. The minimum Gasteiger partial charge on any atom is -0.325 e. The average molecular weight is 302 g/mol. The van der Waals surface area contributed by atoms with Crippen LogP contribution in [0.25, 0.3) is 0 Å². The first-order valence-corrected chi connectivity index (χ1v) is 5.72. The van der Waals surface area contributed by atoms with Gasteiger partial charge in [0.1, 0.15) is 0 Å². The Morgan fingerprint density at radius 3 is 2.76 bits per heavy atom. The van der Waals surface area contributed by atoms with E-state index >= 15 is 0 Å². The van der Waals surface area contributed by atoms with Crippen molar-refractivity contribution >= 4 is 33.2 Å². The molecule has 6 nitrogen and oxygen atoms in total. The predicted octanol–water partition coefficient (Wildman–Crippen LogP) is 1.91.